The van der Waals surface area contributed by atoms with Gasteiger partial charge in [-0.1, -0.05) is 42.1 Å². The van der Waals surface area contributed by atoms with Crippen molar-refractivity contribution < 1.29 is 4.79 Å². The lowest BCUT2D eigenvalue weighted by Crippen LogP contribution is -2.48. The molecule has 2 aromatic heterocycles. The Balaban J connectivity index is 1.28. The highest BCUT2D eigenvalue weighted by molar-refractivity contribution is 8.00. The van der Waals surface area contributed by atoms with E-state index in [4.69, 9.17) is 0 Å². The molecule has 0 bridgehead atoms. The van der Waals surface area contributed by atoms with Crippen LogP contribution >= 0.6 is 23.1 Å². The highest BCUT2D eigenvalue weighted by Crippen LogP contribution is 2.28. The van der Waals surface area contributed by atoms with E-state index in [0.717, 1.165) is 48.0 Å². The third-order valence-corrected chi connectivity index (χ3v) is 6.53. The number of nitrogens with zero attached hydrogens (tertiary/aromatic N) is 4. The van der Waals surface area contributed by atoms with Crippen molar-refractivity contribution in [2.45, 2.75) is 11.6 Å². The van der Waals surface area contributed by atoms with Crippen LogP contribution in [0, 0.1) is 0 Å². The third-order valence-electron chi connectivity index (χ3n) is 4.52. The second-order valence-electron chi connectivity index (χ2n) is 6.24. The summed E-state index contributed by atoms with van der Waals surface area (Å²) in [6, 6.07) is 12.5. The quantitative estimate of drug-likeness (QED) is 0.500. The molecule has 0 spiro atoms. The summed E-state index contributed by atoms with van der Waals surface area (Å²) in [5.41, 5.74) is 2.28. The van der Waals surface area contributed by atoms with Crippen LogP contribution in [0.25, 0.3) is 10.2 Å². The highest BCUT2D eigenvalue weighted by atomic mass is 32.2. The number of carbonyl (C=O) groups excluding carboxylic acids is 1. The first kappa shape index (κ1) is 17.5. The first-order valence-corrected chi connectivity index (χ1v) is 10.5. The van der Waals surface area contributed by atoms with Gasteiger partial charge in [-0.05, 0) is 17.0 Å². The zero-order valence-electron chi connectivity index (χ0n) is 14.4. The maximum absolute atomic E-state index is 12.6. The maximum atomic E-state index is 12.6. The molecule has 1 aliphatic heterocycles. The number of aromatic nitrogens is 2. The number of hydrogen-bond acceptors (Lipinski definition) is 6. The van der Waals surface area contributed by atoms with Crippen LogP contribution in [0.2, 0.25) is 0 Å². The van der Waals surface area contributed by atoms with Gasteiger partial charge in [-0.3, -0.25) is 9.69 Å². The average molecular weight is 385 g/mol. The molecule has 0 unspecified atom stereocenters. The van der Waals surface area contributed by atoms with Gasteiger partial charge in [0.25, 0.3) is 0 Å². The summed E-state index contributed by atoms with van der Waals surface area (Å²) < 4.78 is 1.07. The number of amides is 1. The van der Waals surface area contributed by atoms with Gasteiger partial charge in [0.15, 0.2) is 0 Å². The van der Waals surface area contributed by atoms with Crippen molar-refractivity contribution in [3.05, 3.63) is 53.7 Å². The van der Waals surface area contributed by atoms with Gasteiger partial charge in [0, 0.05) is 32.7 Å². The molecule has 1 saturated heterocycles. The van der Waals surface area contributed by atoms with Gasteiger partial charge in [-0.25, -0.2) is 9.97 Å². The standard InChI is InChI=1S/C19H20N4OS2/c24-17(13-26-19-18-16(6-11-25-18)20-14-21-19)23-9-7-22(8-10-23)12-15-4-2-1-3-5-15/h1-6,11,14H,7-10,12-13H2. The average Bonchev–Trinajstić information content (AvgIpc) is 3.17. The minimum absolute atomic E-state index is 0.192. The molecule has 4 rings (SSSR count). The molecule has 0 atom stereocenters. The Hall–Kier alpha value is -1.96. The van der Waals surface area contributed by atoms with Gasteiger partial charge in [0.05, 0.1) is 16.0 Å². The Morgan fingerprint density at radius 2 is 1.88 bits per heavy atom. The fraction of sp³-hybridized carbons (Fsp3) is 0.316. The summed E-state index contributed by atoms with van der Waals surface area (Å²) in [5, 5.41) is 2.91. The molecule has 3 aromatic rings. The maximum Gasteiger partial charge on any atom is 0.233 e. The second-order valence-corrected chi connectivity index (χ2v) is 8.13. The van der Waals surface area contributed by atoms with Crippen LogP contribution in [0.4, 0.5) is 0 Å². The third kappa shape index (κ3) is 4.06. The molecule has 0 N–H and O–H groups in total. The lowest BCUT2D eigenvalue weighted by molar-refractivity contribution is -0.130. The van der Waals surface area contributed by atoms with Gasteiger partial charge in [0.2, 0.25) is 5.91 Å². The molecule has 0 saturated carbocycles. The van der Waals surface area contributed by atoms with E-state index in [1.165, 1.54) is 17.3 Å². The lowest BCUT2D eigenvalue weighted by Gasteiger charge is -2.34. The van der Waals surface area contributed by atoms with Crippen LogP contribution in [0.5, 0.6) is 0 Å². The number of rotatable bonds is 5. The van der Waals surface area contributed by atoms with Gasteiger partial charge < -0.3 is 4.90 Å². The Kier molecular flexibility index (Phi) is 5.48. The van der Waals surface area contributed by atoms with E-state index in [1.807, 2.05) is 22.4 Å². The van der Waals surface area contributed by atoms with E-state index in [0.29, 0.717) is 5.75 Å². The molecule has 1 amide bonds. The van der Waals surface area contributed by atoms with Crippen LogP contribution in [0.3, 0.4) is 0 Å². The molecule has 3 heterocycles. The van der Waals surface area contributed by atoms with Crippen molar-refractivity contribution in [3.63, 3.8) is 0 Å². The summed E-state index contributed by atoms with van der Waals surface area (Å²) in [7, 11) is 0. The molecule has 1 aliphatic rings. The summed E-state index contributed by atoms with van der Waals surface area (Å²) in [6.07, 6.45) is 1.57. The van der Waals surface area contributed by atoms with E-state index in [2.05, 4.69) is 39.1 Å². The van der Waals surface area contributed by atoms with Gasteiger partial charge in [0.1, 0.15) is 11.4 Å². The van der Waals surface area contributed by atoms with Gasteiger partial charge in [-0.2, -0.15) is 0 Å². The molecule has 0 aliphatic carbocycles. The number of fused-ring (bicyclic) bond motifs is 1. The summed E-state index contributed by atoms with van der Waals surface area (Å²) in [6.45, 7) is 4.39. The molecule has 1 aromatic carbocycles. The van der Waals surface area contributed by atoms with Crippen LogP contribution in [0.1, 0.15) is 5.56 Å². The van der Waals surface area contributed by atoms with Crippen molar-refractivity contribution >= 4 is 39.2 Å². The largest absolute Gasteiger partial charge is 0.339 e. The Labute approximate surface area is 161 Å². The number of piperazine rings is 1. The minimum Gasteiger partial charge on any atom is -0.339 e. The Morgan fingerprint density at radius 3 is 2.69 bits per heavy atom. The predicted molar refractivity (Wildman–Crippen MR) is 106 cm³/mol. The van der Waals surface area contributed by atoms with E-state index in [1.54, 1.807) is 17.7 Å². The molecule has 134 valence electrons. The van der Waals surface area contributed by atoms with E-state index >= 15 is 0 Å². The number of hydrogen-bond donors (Lipinski definition) is 0. The highest BCUT2D eigenvalue weighted by Gasteiger charge is 2.21. The number of thioether (sulfide) groups is 1. The molecule has 26 heavy (non-hydrogen) atoms. The molecular formula is C19H20N4OS2. The van der Waals surface area contributed by atoms with Crippen LogP contribution in [-0.2, 0) is 11.3 Å². The number of thiophene rings is 1. The monoisotopic (exact) mass is 384 g/mol. The van der Waals surface area contributed by atoms with E-state index in [9.17, 15) is 4.79 Å². The van der Waals surface area contributed by atoms with E-state index < -0.39 is 0 Å². The Morgan fingerprint density at radius 1 is 1.08 bits per heavy atom. The smallest absolute Gasteiger partial charge is 0.233 e. The number of carbonyl (C=O) groups is 1. The van der Waals surface area contributed by atoms with Crippen LogP contribution in [-0.4, -0.2) is 57.6 Å². The fourth-order valence-corrected chi connectivity index (χ4v) is 4.94. The SMILES string of the molecule is O=C(CSc1ncnc2ccsc12)N1CCN(Cc2ccccc2)CC1. The Bertz CT molecular complexity index is 875. The zero-order valence-corrected chi connectivity index (χ0v) is 16.0. The van der Waals surface area contributed by atoms with E-state index in [-0.39, 0.29) is 5.91 Å². The molecule has 7 heteroatoms. The normalized spacial score (nSPS) is 15.5. The molecule has 5 nitrogen and oxygen atoms in total. The summed E-state index contributed by atoms with van der Waals surface area (Å²) in [4.78, 5) is 25.5. The van der Waals surface area contributed by atoms with Crippen LogP contribution < -0.4 is 0 Å². The van der Waals surface area contributed by atoms with Crippen molar-refractivity contribution in [2.24, 2.45) is 0 Å². The van der Waals surface area contributed by atoms with Gasteiger partial charge >= 0.3 is 0 Å². The van der Waals surface area contributed by atoms with Crippen molar-refractivity contribution in [1.82, 2.24) is 19.8 Å². The molecule has 0 radical (unpaired) electrons. The fourth-order valence-electron chi connectivity index (χ4n) is 3.09. The number of benzene rings is 1. The lowest BCUT2D eigenvalue weighted by atomic mass is 10.2. The second kappa shape index (κ2) is 8.16. The first-order chi connectivity index (χ1) is 12.8. The van der Waals surface area contributed by atoms with Crippen molar-refractivity contribution in [3.8, 4) is 0 Å². The van der Waals surface area contributed by atoms with Crippen molar-refractivity contribution in [1.29, 1.82) is 0 Å². The topological polar surface area (TPSA) is 49.3 Å². The first-order valence-electron chi connectivity index (χ1n) is 8.64. The zero-order chi connectivity index (χ0) is 17.8. The van der Waals surface area contributed by atoms with Crippen molar-refractivity contribution in [2.75, 3.05) is 31.9 Å². The van der Waals surface area contributed by atoms with Crippen LogP contribution in [0.15, 0.2) is 53.1 Å². The minimum atomic E-state index is 0.192. The summed E-state index contributed by atoms with van der Waals surface area (Å²) >= 11 is 3.14. The molecule has 1 fully saturated rings. The molecular weight excluding hydrogens is 364 g/mol. The predicted octanol–water partition coefficient (Wildman–Crippen LogP) is 3.13. The van der Waals surface area contributed by atoms with Gasteiger partial charge in [-0.15, -0.1) is 11.3 Å². The summed E-state index contributed by atoms with van der Waals surface area (Å²) in [5.74, 6) is 0.626.